The number of rotatable bonds is 5. The highest BCUT2D eigenvalue weighted by Gasteiger charge is 2.25. The smallest absolute Gasteiger partial charge is 0.143 e. The van der Waals surface area contributed by atoms with Gasteiger partial charge in [0.25, 0.3) is 0 Å². The van der Waals surface area contributed by atoms with Crippen molar-refractivity contribution in [1.29, 1.82) is 0 Å². The minimum Gasteiger partial charge on any atom is -0.455 e. The van der Waals surface area contributed by atoms with Gasteiger partial charge in [-0.15, -0.1) is 0 Å². The Kier molecular flexibility index (Phi) is 3.60. The monoisotopic (exact) mass is 615 g/mol. The van der Waals surface area contributed by atoms with Crippen LogP contribution < -0.4 is 0 Å². The van der Waals surface area contributed by atoms with Crippen molar-refractivity contribution in [2.75, 3.05) is 0 Å². The molecule has 0 aliphatic carbocycles. The first kappa shape index (κ1) is 14.9. The molecule has 0 aliphatic rings. The van der Waals surface area contributed by atoms with Gasteiger partial charge in [-0.1, -0.05) is 169 Å². The Morgan fingerprint density at radius 2 is 0.894 bits per heavy atom. The van der Waals surface area contributed by atoms with E-state index in [1.807, 2.05) is 0 Å². The normalized spacial score (nSPS) is 16.5. The lowest BCUT2D eigenvalue weighted by molar-refractivity contribution is 0.633. The lowest BCUT2D eigenvalue weighted by Crippen LogP contribution is -1.92. The van der Waals surface area contributed by atoms with Crippen LogP contribution in [0.15, 0.2) is 186 Å². The fourth-order valence-corrected chi connectivity index (χ4v) is 6.14. The zero-order valence-electron chi connectivity index (χ0n) is 41.4. The number of fused-ring (bicyclic) bond motifs is 3. The van der Waals surface area contributed by atoms with Crippen LogP contribution in [0, 0.1) is 0 Å². The van der Waals surface area contributed by atoms with Gasteiger partial charge in [-0.2, -0.15) is 0 Å². The topological polar surface area (TPSA) is 13.1 Å². The molecule has 0 bridgehead atoms. The van der Waals surface area contributed by atoms with Crippen LogP contribution in [0.2, 0.25) is 0 Å². The standard InChI is InChI=1S/C46H30O/c1-4-16-31(17-5-1)34-28-29-41-42(30-34)47-46(40-27-15-10-22-35(40)32-18-6-2-7-19-32)45(41)44-38-25-13-11-23-36(38)43(33-20-8-3-9-21-33)37-24-12-14-26-39(37)44/h1-30H/i1D,4D,5D,10D,11D,12D,13D,14D,15D,16D,17D,22D,23D,24D,25D,26D,27D. The van der Waals surface area contributed by atoms with Gasteiger partial charge < -0.3 is 4.42 Å². The molecule has 0 spiro atoms. The molecule has 8 aromatic carbocycles. The summed E-state index contributed by atoms with van der Waals surface area (Å²) in [5, 5.41) is -0.420. The summed E-state index contributed by atoms with van der Waals surface area (Å²) in [5.74, 6) is -0.269. The zero-order chi connectivity index (χ0) is 46.0. The molecule has 1 nitrogen and oxygen atoms in total. The second kappa shape index (κ2) is 11.3. The number of benzene rings is 8. The molecule has 1 aromatic heterocycles. The molecule has 1 heterocycles. The van der Waals surface area contributed by atoms with Crippen molar-refractivity contribution < 1.29 is 27.7 Å². The fourth-order valence-electron chi connectivity index (χ4n) is 6.14. The summed E-state index contributed by atoms with van der Waals surface area (Å²) < 4.78 is 159. The van der Waals surface area contributed by atoms with Crippen molar-refractivity contribution in [3.05, 3.63) is 182 Å². The average molecular weight is 616 g/mol. The van der Waals surface area contributed by atoms with Gasteiger partial charge in [0, 0.05) is 22.1 Å². The van der Waals surface area contributed by atoms with E-state index in [4.69, 9.17) is 19.5 Å². The predicted octanol–water partition coefficient (Wildman–Crippen LogP) is 13.1. The van der Waals surface area contributed by atoms with Crippen LogP contribution >= 0.6 is 0 Å². The van der Waals surface area contributed by atoms with Crippen molar-refractivity contribution in [3.8, 4) is 55.8 Å². The van der Waals surface area contributed by atoms with E-state index in [2.05, 4.69) is 0 Å². The molecule has 1 heteroatoms. The molecular weight excluding hydrogens is 569 g/mol. The largest absolute Gasteiger partial charge is 0.455 e. The van der Waals surface area contributed by atoms with Crippen molar-refractivity contribution in [3.63, 3.8) is 0 Å². The lowest BCUT2D eigenvalue weighted by atomic mass is 9.84. The van der Waals surface area contributed by atoms with Gasteiger partial charge in [-0.25, -0.2) is 0 Å². The first-order valence-corrected chi connectivity index (χ1v) is 14.7. The maximum atomic E-state index is 9.55. The molecule has 0 saturated carbocycles. The molecule has 47 heavy (non-hydrogen) atoms. The van der Waals surface area contributed by atoms with Gasteiger partial charge in [0.1, 0.15) is 11.3 Å². The minimum atomic E-state index is -0.664. The van der Waals surface area contributed by atoms with Crippen molar-refractivity contribution in [2.45, 2.75) is 0 Å². The number of hydrogen-bond donors (Lipinski definition) is 0. The quantitative estimate of drug-likeness (QED) is 0.176. The predicted molar refractivity (Wildman–Crippen MR) is 198 cm³/mol. The molecule has 0 radical (unpaired) electrons. The van der Waals surface area contributed by atoms with E-state index in [0.717, 1.165) is 0 Å². The van der Waals surface area contributed by atoms with Gasteiger partial charge in [-0.3, -0.25) is 0 Å². The molecule has 0 amide bonds. The van der Waals surface area contributed by atoms with Gasteiger partial charge >= 0.3 is 0 Å². The van der Waals surface area contributed by atoms with E-state index in [1.165, 1.54) is 18.2 Å². The SMILES string of the molecule is [2H]c1c([2H])c([2H])c(-c2ccc3c(-c4c5c([2H])c([2H])c([2H])c([2H])c5c(-c5ccccc5)c5c([2H])c([2H])c([2H])c([2H])c45)c(-c4c([2H])c([2H])c([2H])c([2H])c4-c4ccccc4)oc3c2)c([2H])c1[2H]. The fraction of sp³-hybridized carbons (Fsp3) is 0. The molecule has 220 valence electrons. The molecule has 0 unspecified atom stereocenters. The highest BCUT2D eigenvalue weighted by Crippen LogP contribution is 2.51. The van der Waals surface area contributed by atoms with Gasteiger partial charge in [0.2, 0.25) is 0 Å². The highest BCUT2D eigenvalue weighted by molar-refractivity contribution is 6.25. The summed E-state index contributed by atoms with van der Waals surface area (Å²) in [6, 6.07) is 11.2. The van der Waals surface area contributed by atoms with E-state index in [1.54, 1.807) is 60.7 Å². The Labute approximate surface area is 297 Å². The van der Waals surface area contributed by atoms with Gasteiger partial charge in [-0.05, 0) is 67.1 Å². The average Bonchev–Trinajstić information content (AvgIpc) is 3.67. The van der Waals surface area contributed by atoms with Crippen LogP contribution in [0.5, 0.6) is 0 Å². The van der Waals surface area contributed by atoms with Crippen molar-refractivity contribution >= 4 is 32.5 Å². The Hall–Kier alpha value is -6.18. The first-order chi connectivity index (χ1) is 30.4. The third-order valence-electron chi connectivity index (χ3n) is 8.14. The number of hydrogen-bond acceptors (Lipinski definition) is 1. The summed E-state index contributed by atoms with van der Waals surface area (Å²) in [6.45, 7) is 0. The lowest BCUT2D eigenvalue weighted by Gasteiger charge is -2.18. The summed E-state index contributed by atoms with van der Waals surface area (Å²) >= 11 is 0. The summed E-state index contributed by atoms with van der Waals surface area (Å²) in [5.41, 5.74) is 0.260. The van der Waals surface area contributed by atoms with E-state index in [0.29, 0.717) is 11.1 Å². The Balaban J connectivity index is 1.60. The van der Waals surface area contributed by atoms with E-state index in [9.17, 15) is 8.22 Å². The van der Waals surface area contributed by atoms with Crippen LogP contribution in [-0.2, 0) is 0 Å². The molecule has 0 atom stereocenters. The van der Waals surface area contributed by atoms with Crippen molar-refractivity contribution in [1.82, 2.24) is 0 Å². The maximum Gasteiger partial charge on any atom is 0.143 e. The zero-order valence-corrected chi connectivity index (χ0v) is 24.4. The molecule has 0 fully saturated rings. The molecule has 0 N–H and O–H groups in total. The van der Waals surface area contributed by atoms with Gasteiger partial charge in [0.05, 0.1) is 23.3 Å². The van der Waals surface area contributed by atoms with Gasteiger partial charge in [0.15, 0.2) is 0 Å². The Morgan fingerprint density at radius 1 is 0.362 bits per heavy atom. The Morgan fingerprint density at radius 3 is 1.53 bits per heavy atom. The third kappa shape index (κ3) is 4.56. The van der Waals surface area contributed by atoms with Crippen LogP contribution in [0.4, 0.5) is 0 Å². The van der Waals surface area contributed by atoms with E-state index < -0.39 is 103 Å². The molecule has 9 rings (SSSR count). The van der Waals surface area contributed by atoms with Crippen LogP contribution in [0.25, 0.3) is 88.3 Å². The Bertz CT molecular complexity index is 3400. The summed E-state index contributed by atoms with van der Waals surface area (Å²) in [6.07, 6.45) is 0. The second-order valence-corrected chi connectivity index (χ2v) is 10.7. The van der Waals surface area contributed by atoms with Crippen LogP contribution in [0.1, 0.15) is 23.3 Å². The van der Waals surface area contributed by atoms with E-state index in [-0.39, 0.29) is 77.2 Å². The number of furan rings is 1. The summed E-state index contributed by atoms with van der Waals surface area (Å²) in [7, 11) is 0. The second-order valence-electron chi connectivity index (χ2n) is 10.7. The van der Waals surface area contributed by atoms with Crippen LogP contribution in [0.3, 0.4) is 0 Å². The van der Waals surface area contributed by atoms with Crippen molar-refractivity contribution in [2.24, 2.45) is 0 Å². The minimum absolute atomic E-state index is 0.0175. The maximum absolute atomic E-state index is 9.55. The summed E-state index contributed by atoms with van der Waals surface area (Å²) in [4.78, 5) is 0. The van der Waals surface area contributed by atoms with Crippen LogP contribution in [-0.4, -0.2) is 0 Å². The molecule has 0 saturated heterocycles. The molecule has 9 aromatic rings. The first-order valence-electron chi connectivity index (χ1n) is 23.2. The highest BCUT2D eigenvalue weighted by atomic mass is 16.3. The molecular formula is C46H30O. The van der Waals surface area contributed by atoms with E-state index >= 15 is 0 Å². The third-order valence-corrected chi connectivity index (χ3v) is 8.14. The molecule has 0 aliphatic heterocycles.